The standard InChI is InChI=1S/C20H17NOS/c22-19(16-10-4-1-5-11-16)21-20(17-12-6-2-7-13-17)23-18-14-8-3-9-15-18/h1-15,20H,(H,21,22). The molecule has 2 nitrogen and oxygen atoms in total. The minimum atomic E-state index is -0.133. The predicted molar refractivity (Wildman–Crippen MR) is 95.4 cm³/mol. The SMILES string of the molecule is O=C(NC(Sc1ccccc1)c1ccccc1)c1ccccc1. The summed E-state index contributed by atoms with van der Waals surface area (Å²) in [7, 11) is 0. The molecule has 0 radical (unpaired) electrons. The van der Waals surface area contributed by atoms with Crippen molar-refractivity contribution in [3.8, 4) is 0 Å². The average Bonchev–Trinajstić information content (AvgIpc) is 2.63. The number of rotatable bonds is 5. The maximum atomic E-state index is 12.5. The first-order chi connectivity index (χ1) is 11.3. The Morgan fingerprint density at radius 3 is 1.87 bits per heavy atom. The van der Waals surface area contributed by atoms with Gasteiger partial charge in [0.05, 0.1) is 0 Å². The van der Waals surface area contributed by atoms with Gasteiger partial charge >= 0.3 is 0 Å². The molecule has 0 aromatic heterocycles. The zero-order valence-corrected chi connectivity index (χ0v) is 13.4. The molecule has 1 unspecified atom stereocenters. The third kappa shape index (κ3) is 4.24. The Kier molecular flexibility index (Phi) is 5.12. The lowest BCUT2D eigenvalue weighted by atomic mass is 10.2. The van der Waals surface area contributed by atoms with Crippen molar-refractivity contribution in [2.45, 2.75) is 10.3 Å². The van der Waals surface area contributed by atoms with Crippen molar-refractivity contribution < 1.29 is 4.79 Å². The number of carbonyl (C=O) groups excluding carboxylic acids is 1. The van der Waals surface area contributed by atoms with E-state index in [1.54, 1.807) is 11.8 Å². The smallest absolute Gasteiger partial charge is 0.252 e. The van der Waals surface area contributed by atoms with Gasteiger partial charge in [-0.1, -0.05) is 78.5 Å². The van der Waals surface area contributed by atoms with Crippen LogP contribution in [0.3, 0.4) is 0 Å². The number of nitrogens with one attached hydrogen (secondary N) is 1. The Morgan fingerprint density at radius 1 is 0.739 bits per heavy atom. The van der Waals surface area contributed by atoms with E-state index in [0.29, 0.717) is 5.56 Å². The molecule has 0 spiro atoms. The summed E-state index contributed by atoms with van der Waals surface area (Å²) in [5.41, 5.74) is 1.74. The Labute approximate surface area is 140 Å². The maximum absolute atomic E-state index is 12.5. The van der Waals surface area contributed by atoms with Gasteiger partial charge < -0.3 is 5.32 Å². The molecule has 3 rings (SSSR count). The predicted octanol–water partition coefficient (Wildman–Crippen LogP) is 4.91. The van der Waals surface area contributed by atoms with Crippen LogP contribution in [0.2, 0.25) is 0 Å². The molecule has 0 bridgehead atoms. The lowest BCUT2D eigenvalue weighted by molar-refractivity contribution is 0.0949. The monoisotopic (exact) mass is 319 g/mol. The highest BCUT2D eigenvalue weighted by Crippen LogP contribution is 2.33. The molecule has 0 saturated heterocycles. The zero-order chi connectivity index (χ0) is 15.9. The molecular weight excluding hydrogens is 302 g/mol. The van der Waals surface area contributed by atoms with E-state index in [4.69, 9.17) is 0 Å². The van der Waals surface area contributed by atoms with E-state index in [0.717, 1.165) is 10.5 Å². The van der Waals surface area contributed by atoms with Gasteiger partial charge in [-0.3, -0.25) is 4.79 Å². The van der Waals surface area contributed by atoms with Gasteiger partial charge in [0, 0.05) is 10.5 Å². The molecule has 0 aliphatic carbocycles. The Morgan fingerprint density at radius 2 is 1.26 bits per heavy atom. The Balaban J connectivity index is 1.82. The minimum absolute atomic E-state index is 0.0668. The quantitative estimate of drug-likeness (QED) is 0.535. The second-order valence-corrected chi connectivity index (χ2v) is 6.24. The summed E-state index contributed by atoms with van der Waals surface area (Å²) < 4.78 is 0. The molecular formula is C20H17NOS. The van der Waals surface area contributed by atoms with Crippen LogP contribution in [0.25, 0.3) is 0 Å². The van der Waals surface area contributed by atoms with E-state index in [1.807, 2.05) is 78.9 Å². The van der Waals surface area contributed by atoms with Crippen molar-refractivity contribution in [3.05, 3.63) is 102 Å². The van der Waals surface area contributed by atoms with Gasteiger partial charge in [-0.15, -0.1) is 0 Å². The normalized spacial score (nSPS) is 11.7. The van der Waals surface area contributed by atoms with E-state index >= 15 is 0 Å². The van der Waals surface area contributed by atoms with Crippen LogP contribution in [-0.2, 0) is 0 Å². The number of hydrogen-bond acceptors (Lipinski definition) is 2. The largest absolute Gasteiger partial charge is 0.336 e. The fourth-order valence-corrected chi connectivity index (χ4v) is 3.28. The number of carbonyl (C=O) groups is 1. The molecule has 3 aromatic rings. The van der Waals surface area contributed by atoms with Crippen LogP contribution in [0, 0.1) is 0 Å². The van der Waals surface area contributed by atoms with Gasteiger partial charge in [-0.2, -0.15) is 0 Å². The Bertz CT molecular complexity index is 744. The van der Waals surface area contributed by atoms with Crippen LogP contribution in [-0.4, -0.2) is 5.91 Å². The summed E-state index contributed by atoms with van der Waals surface area (Å²) in [5, 5.41) is 2.99. The first-order valence-corrected chi connectivity index (χ1v) is 8.33. The van der Waals surface area contributed by atoms with Gasteiger partial charge in [0.2, 0.25) is 0 Å². The molecule has 0 saturated carbocycles. The van der Waals surface area contributed by atoms with Crippen molar-refractivity contribution in [2.24, 2.45) is 0 Å². The highest BCUT2D eigenvalue weighted by atomic mass is 32.2. The van der Waals surface area contributed by atoms with E-state index < -0.39 is 0 Å². The molecule has 0 aliphatic heterocycles. The number of hydrogen-bond donors (Lipinski definition) is 1. The fraction of sp³-hybridized carbons (Fsp3) is 0.0500. The summed E-state index contributed by atoms with van der Waals surface area (Å²) in [6.45, 7) is 0. The van der Waals surface area contributed by atoms with Crippen molar-refractivity contribution >= 4 is 17.7 Å². The molecule has 1 amide bonds. The van der Waals surface area contributed by atoms with Gasteiger partial charge in [-0.25, -0.2) is 0 Å². The van der Waals surface area contributed by atoms with Crippen molar-refractivity contribution in [1.82, 2.24) is 5.32 Å². The van der Waals surface area contributed by atoms with Crippen LogP contribution >= 0.6 is 11.8 Å². The zero-order valence-electron chi connectivity index (χ0n) is 12.6. The van der Waals surface area contributed by atoms with Gasteiger partial charge in [0.25, 0.3) is 5.91 Å². The lowest BCUT2D eigenvalue weighted by Crippen LogP contribution is -2.26. The molecule has 1 atom stereocenters. The van der Waals surface area contributed by atoms with Gasteiger partial charge in [0.1, 0.15) is 5.37 Å². The van der Waals surface area contributed by atoms with Crippen LogP contribution in [0.1, 0.15) is 21.3 Å². The average molecular weight is 319 g/mol. The van der Waals surface area contributed by atoms with Gasteiger partial charge in [-0.05, 0) is 29.8 Å². The molecule has 3 heteroatoms. The lowest BCUT2D eigenvalue weighted by Gasteiger charge is -2.19. The highest BCUT2D eigenvalue weighted by Gasteiger charge is 2.16. The number of amides is 1. The van der Waals surface area contributed by atoms with Crippen LogP contribution in [0.4, 0.5) is 0 Å². The summed E-state index contributed by atoms with van der Waals surface area (Å²) in [5.74, 6) is -0.0668. The third-order valence-corrected chi connectivity index (χ3v) is 4.57. The molecule has 3 aromatic carbocycles. The second kappa shape index (κ2) is 7.65. The molecule has 114 valence electrons. The first-order valence-electron chi connectivity index (χ1n) is 7.45. The second-order valence-electron chi connectivity index (χ2n) is 5.06. The van der Waals surface area contributed by atoms with E-state index in [1.165, 1.54) is 0 Å². The molecule has 0 aliphatic rings. The fourth-order valence-electron chi connectivity index (χ4n) is 2.24. The summed E-state index contributed by atoms with van der Waals surface area (Å²) in [6, 6.07) is 29.4. The Hall–Kier alpha value is -2.52. The van der Waals surface area contributed by atoms with Crippen LogP contribution < -0.4 is 5.32 Å². The van der Waals surface area contributed by atoms with E-state index in [-0.39, 0.29) is 11.3 Å². The number of benzene rings is 3. The summed E-state index contributed by atoms with van der Waals surface area (Å²) in [4.78, 5) is 13.6. The van der Waals surface area contributed by atoms with Crippen LogP contribution in [0.5, 0.6) is 0 Å². The molecule has 23 heavy (non-hydrogen) atoms. The van der Waals surface area contributed by atoms with Crippen LogP contribution in [0.15, 0.2) is 95.9 Å². The number of thioether (sulfide) groups is 1. The topological polar surface area (TPSA) is 29.1 Å². The molecule has 1 N–H and O–H groups in total. The van der Waals surface area contributed by atoms with Crippen molar-refractivity contribution in [2.75, 3.05) is 0 Å². The highest BCUT2D eigenvalue weighted by molar-refractivity contribution is 7.99. The van der Waals surface area contributed by atoms with E-state index in [9.17, 15) is 4.79 Å². The first kappa shape index (κ1) is 15.4. The van der Waals surface area contributed by atoms with Gasteiger partial charge in [0.15, 0.2) is 0 Å². The maximum Gasteiger partial charge on any atom is 0.252 e. The molecule has 0 fully saturated rings. The van der Waals surface area contributed by atoms with E-state index in [2.05, 4.69) is 17.4 Å². The molecule has 0 heterocycles. The summed E-state index contributed by atoms with van der Waals surface area (Å²) in [6.07, 6.45) is 0. The van der Waals surface area contributed by atoms with Crippen molar-refractivity contribution in [3.63, 3.8) is 0 Å². The van der Waals surface area contributed by atoms with Crippen molar-refractivity contribution in [1.29, 1.82) is 0 Å². The summed E-state index contributed by atoms with van der Waals surface area (Å²) >= 11 is 1.63. The third-order valence-electron chi connectivity index (χ3n) is 3.40. The minimum Gasteiger partial charge on any atom is -0.336 e.